The molecule has 1 aromatic heterocycles. The van der Waals surface area contributed by atoms with Gasteiger partial charge in [0.15, 0.2) is 0 Å². The maximum absolute atomic E-state index is 11.9. The molecule has 6 nitrogen and oxygen atoms in total. The molecular formula is C12H14N4O2. The Morgan fingerprint density at radius 3 is 2.89 bits per heavy atom. The highest BCUT2D eigenvalue weighted by molar-refractivity contribution is 6.02. The van der Waals surface area contributed by atoms with Gasteiger partial charge in [-0.1, -0.05) is 0 Å². The minimum Gasteiger partial charge on any atom is -0.495 e. The van der Waals surface area contributed by atoms with E-state index in [-0.39, 0.29) is 5.91 Å². The molecule has 1 aromatic carbocycles. The summed E-state index contributed by atoms with van der Waals surface area (Å²) in [4.78, 5) is 15.8. The molecule has 94 valence electrons. The van der Waals surface area contributed by atoms with Crippen LogP contribution >= 0.6 is 0 Å². The Morgan fingerprint density at radius 1 is 1.50 bits per heavy atom. The molecule has 0 bridgehead atoms. The van der Waals surface area contributed by atoms with E-state index in [1.54, 1.807) is 42.3 Å². The molecule has 6 heteroatoms. The fourth-order valence-corrected chi connectivity index (χ4v) is 1.51. The van der Waals surface area contributed by atoms with Crippen LogP contribution in [0, 0.1) is 0 Å². The van der Waals surface area contributed by atoms with Gasteiger partial charge in [-0.25, -0.2) is 4.98 Å². The first-order chi connectivity index (χ1) is 8.60. The standard InChI is InChI=1S/C12H14N4O2/c1-16-6-10(14-7-16)12(17)15-8-3-4-9(13)11(5-8)18-2/h3-7H,13H2,1-2H3,(H,15,17). The van der Waals surface area contributed by atoms with E-state index in [0.29, 0.717) is 22.8 Å². The summed E-state index contributed by atoms with van der Waals surface area (Å²) in [6.07, 6.45) is 3.21. The van der Waals surface area contributed by atoms with Gasteiger partial charge in [0.1, 0.15) is 11.4 Å². The highest BCUT2D eigenvalue weighted by atomic mass is 16.5. The Hall–Kier alpha value is -2.50. The molecule has 3 N–H and O–H groups in total. The van der Waals surface area contributed by atoms with Crippen molar-refractivity contribution in [2.75, 3.05) is 18.2 Å². The molecule has 18 heavy (non-hydrogen) atoms. The van der Waals surface area contributed by atoms with Gasteiger partial charge in [-0.2, -0.15) is 0 Å². The van der Waals surface area contributed by atoms with Crippen molar-refractivity contribution in [1.82, 2.24) is 9.55 Å². The predicted octanol–water partition coefficient (Wildman–Crippen LogP) is 1.26. The van der Waals surface area contributed by atoms with Crippen LogP contribution in [0.25, 0.3) is 0 Å². The number of aromatic nitrogens is 2. The Kier molecular flexibility index (Phi) is 3.18. The number of ether oxygens (including phenoxy) is 1. The van der Waals surface area contributed by atoms with Crippen LogP contribution in [-0.4, -0.2) is 22.6 Å². The number of aryl methyl sites for hydroxylation is 1. The maximum atomic E-state index is 11.9. The van der Waals surface area contributed by atoms with Crippen molar-refractivity contribution in [3.05, 3.63) is 36.4 Å². The lowest BCUT2D eigenvalue weighted by Gasteiger charge is -2.08. The van der Waals surface area contributed by atoms with Gasteiger partial charge in [0.05, 0.1) is 19.1 Å². The summed E-state index contributed by atoms with van der Waals surface area (Å²) in [5.74, 6) is 0.247. The van der Waals surface area contributed by atoms with Crippen molar-refractivity contribution in [3.8, 4) is 5.75 Å². The molecule has 0 spiro atoms. The van der Waals surface area contributed by atoms with Gasteiger partial charge in [-0.15, -0.1) is 0 Å². The molecule has 0 unspecified atom stereocenters. The smallest absolute Gasteiger partial charge is 0.275 e. The minimum atomic E-state index is -0.276. The summed E-state index contributed by atoms with van der Waals surface area (Å²) in [6, 6.07) is 5.04. The third-order valence-electron chi connectivity index (χ3n) is 2.43. The van der Waals surface area contributed by atoms with Gasteiger partial charge >= 0.3 is 0 Å². The van der Waals surface area contributed by atoms with Crippen LogP contribution in [0.15, 0.2) is 30.7 Å². The first-order valence-electron chi connectivity index (χ1n) is 5.33. The Bertz CT molecular complexity index is 577. The molecule has 1 amide bonds. The quantitative estimate of drug-likeness (QED) is 0.799. The van der Waals surface area contributed by atoms with Gasteiger partial charge < -0.3 is 20.4 Å². The van der Waals surface area contributed by atoms with Crippen molar-refractivity contribution in [1.29, 1.82) is 0 Å². The van der Waals surface area contributed by atoms with Gasteiger partial charge in [-0.05, 0) is 12.1 Å². The number of rotatable bonds is 3. The number of carbonyl (C=O) groups excluding carboxylic acids is 1. The van der Waals surface area contributed by atoms with E-state index < -0.39 is 0 Å². The molecule has 0 aliphatic heterocycles. The summed E-state index contributed by atoms with van der Waals surface area (Å²) in [5.41, 5.74) is 7.18. The molecular weight excluding hydrogens is 232 g/mol. The molecule has 0 aliphatic rings. The second-order valence-electron chi connectivity index (χ2n) is 3.84. The Morgan fingerprint density at radius 2 is 2.28 bits per heavy atom. The summed E-state index contributed by atoms with van der Waals surface area (Å²) in [6.45, 7) is 0. The number of amides is 1. The number of imidazole rings is 1. The molecule has 0 saturated heterocycles. The number of nitrogens with two attached hydrogens (primary N) is 1. The number of anilines is 2. The zero-order valence-corrected chi connectivity index (χ0v) is 10.2. The molecule has 0 radical (unpaired) electrons. The first-order valence-corrected chi connectivity index (χ1v) is 5.33. The van der Waals surface area contributed by atoms with E-state index in [1.807, 2.05) is 0 Å². The van der Waals surface area contributed by atoms with Crippen molar-refractivity contribution in [3.63, 3.8) is 0 Å². The third-order valence-corrected chi connectivity index (χ3v) is 2.43. The predicted molar refractivity (Wildman–Crippen MR) is 68.6 cm³/mol. The van der Waals surface area contributed by atoms with Gasteiger partial charge in [0, 0.05) is 25.0 Å². The average molecular weight is 246 g/mol. The lowest BCUT2D eigenvalue weighted by molar-refractivity contribution is 0.102. The zero-order chi connectivity index (χ0) is 13.1. The summed E-state index contributed by atoms with van der Waals surface area (Å²) >= 11 is 0. The van der Waals surface area contributed by atoms with Crippen LogP contribution in [0.5, 0.6) is 5.75 Å². The van der Waals surface area contributed by atoms with Crippen LogP contribution in [-0.2, 0) is 7.05 Å². The van der Waals surface area contributed by atoms with Gasteiger partial charge in [-0.3, -0.25) is 4.79 Å². The number of methoxy groups -OCH3 is 1. The average Bonchev–Trinajstić information content (AvgIpc) is 2.78. The van der Waals surface area contributed by atoms with Crippen LogP contribution < -0.4 is 15.8 Å². The zero-order valence-electron chi connectivity index (χ0n) is 10.2. The lowest BCUT2D eigenvalue weighted by Crippen LogP contribution is -2.12. The fraction of sp³-hybridized carbons (Fsp3) is 0.167. The minimum absolute atomic E-state index is 0.276. The number of hydrogen-bond acceptors (Lipinski definition) is 4. The number of hydrogen-bond donors (Lipinski definition) is 2. The topological polar surface area (TPSA) is 82.2 Å². The maximum Gasteiger partial charge on any atom is 0.275 e. The van der Waals surface area contributed by atoms with E-state index in [2.05, 4.69) is 10.3 Å². The number of carbonyl (C=O) groups is 1. The number of nitrogens with one attached hydrogen (secondary N) is 1. The number of nitrogen functional groups attached to an aromatic ring is 1. The van der Waals surface area contributed by atoms with Crippen molar-refractivity contribution >= 4 is 17.3 Å². The monoisotopic (exact) mass is 246 g/mol. The second kappa shape index (κ2) is 4.79. The molecule has 1 heterocycles. The fourth-order valence-electron chi connectivity index (χ4n) is 1.51. The lowest BCUT2D eigenvalue weighted by atomic mass is 10.2. The van der Waals surface area contributed by atoms with E-state index in [4.69, 9.17) is 10.5 Å². The van der Waals surface area contributed by atoms with E-state index in [9.17, 15) is 4.79 Å². The summed E-state index contributed by atoms with van der Waals surface area (Å²) in [7, 11) is 3.33. The number of benzene rings is 1. The first kappa shape index (κ1) is 12.0. The Balaban J connectivity index is 2.16. The molecule has 0 atom stereocenters. The van der Waals surface area contributed by atoms with Crippen LogP contribution in [0.4, 0.5) is 11.4 Å². The molecule has 2 aromatic rings. The Labute approximate surface area is 104 Å². The third kappa shape index (κ3) is 2.42. The second-order valence-corrected chi connectivity index (χ2v) is 3.84. The normalized spacial score (nSPS) is 10.1. The van der Waals surface area contributed by atoms with Gasteiger partial charge in [0.2, 0.25) is 0 Å². The molecule has 0 fully saturated rings. The van der Waals surface area contributed by atoms with E-state index in [1.165, 1.54) is 7.11 Å². The van der Waals surface area contributed by atoms with Crippen LogP contribution in [0.2, 0.25) is 0 Å². The van der Waals surface area contributed by atoms with Crippen LogP contribution in [0.3, 0.4) is 0 Å². The largest absolute Gasteiger partial charge is 0.495 e. The van der Waals surface area contributed by atoms with E-state index in [0.717, 1.165) is 0 Å². The molecule has 0 aliphatic carbocycles. The van der Waals surface area contributed by atoms with Crippen molar-refractivity contribution < 1.29 is 9.53 Å². The molecule has 0 saturated carbocycles. The number of nitrogens with zero attached hydrogens (tertiary/aromatic N) is 2. The SMILES string of the molecule is COc1cc(NC(=O)c2cn(C)cn2)ccc1N. The highest BCUT2D eigenvalue weighted by Gasteiger charge is 2.10. The highest BCUT2D eigenvalue weighted by Crippen LogP contribution is 2.25. The summed E-state index contributed by atoms with van der Waals surface area (Å²) in [5, 5.41) is 2.72. The van der Waals surface area contributed by atoms with Crippen LogP contribution in [0.1, 0.15) is 10.5 Å². The summed E-state index contributed by atoms with van der Waals surface area (Å²) < 4.78 is 6.79. The van der Waals surface area contributed by atoms with E-state index >= 15 is 0 Å². The molecule has 2 rings (SSSR count). The van der Waals surface area contributed by atoms with Crippen molar-refractivity contribution in [2.24, 2.45) is 7.05 Å². The van der Waals surface area contributed by atoms with Crippen molar-refractivity contribution in [2.45, 2.75) is 0 Å². The van der Waals surface area contributed by atoms with Gasteiger partial charge in [0.25, 0.3) is 5.91 Å².